The van der Waals surface area contributed by atoms with Gasteiger partial charge in [-0.3, -0.25) is 14.5 Å². The van der Waals surface area contributed by atoms with Crippen LogP contribution in [0.1, 0.15) is 79.4 Å². The molecule has 2 amide bonds. The highest BCUT2D eigenvalue weighted by Crippen LogP contribution is 2.44. The lowest BCUT2D eigenvalue weighted by molar-refractivity contribution is -0.129. The number of fused-ring (bicyclic) bond motifs is 3. The monoisotopic (exact) mass is 556 g/mol. The summed E-state index contributed by atoms with van der Waals surface area (Å²) in [6.07, 6.45) is 5.81. The van der Waals surface area contributed by atoms with Gasteiger partial charge in [-0.2, -0.15) is 0 Å². The lowest BCUT2D eigenvalue weighted by atomic mass is 9.72. The van der Waals surface area contributed by atoms with Gasteiger partial charge < -0.3 is 15.1 Å². The van der Waals surface area contributed by atoms with E-state index in [0.717, 1.165) is 99.1 Å². The molecule has 6 nitrogen and oxygen atoms in total. The normalized spacial score (nSPS) is 27.6. The largest absolute Gasteiger partial charge is 0.333 e. The van der Waals surface area contributed by atoms with E-state index in [1.54, 1.807) is 0 Å². The van der Waals surface area contributed by atoms with Crippen molar-refractivity contribution in [3.8, 4) is 0 Å². The summed E-state index contributed by atoms with van der Waals surface area (Å²) in [5, 5.41) is 3.44. The first-order chi connectivity index (χ1) is 19.8. The highest BCUT2D eigenvalue weighted by atomic mass is 19.1. The molecule has 41 heavy (non-hydrogen) atoms. The van der Waals surface area contributed by atoms with Crippen molar-refractivity contribution >= 4 is 17.4 Å². The zero-order valence-electron chi connectivity index (χ0n) is 24.3. The lowest BCUT2D eigenvalue weighted by Gasteiger charge is -2.38. The second-order valence-electron chi connectivity index (χ2n) is 13.7. The number of hydrogen-bond donors (Lipinski definition) is 1. The maximum Gasteiger partial charge on any atom is 0.254 e. The van der Waals surface area contributed by atoms with Crippen molar-refractivity contribution in [2.45, 2.75) is 83.6 Å². The van der Waals surface area contributed by atoms with Gasteiger partial charge in [-0.05, 0) is 90.9 Å². The molecular formula is C34H41FN4O2. The number of likely N-dealkylation sites (tertiary alicyclic amines) is 2. The van der Waals surface area contributed by atoms with Crippen molar-refractivity contribution in [1.82, 2.24) is 20.0 Å². The minimum atomic E-state index is -0.247. The van der Waals surface area contributed by atoms with Crippen LogP contribution in [0.15, 0.2) is 48.0 Å². The van der Waals surface area contributed by atoms with Crippen molar-refractivity contribution in [1.29, 1.82) is 0 Å². The molecule has 5 aliphatic rings. The predicted molar refractivity (Wildman–Crippen MR) is 157 cm³/mol. The summed E-state index contributed by atoms with van der Waals surface area (Å²) in [7, 11) is 0. The Morgan fingerprint density at radius 1 is 1.07 bits per heavy atom. The van der Waals surface area contributed by atoms with E-state index in [2.05, 4.69) is 46.0 Å². The summed E-state index contributed by atoms with van der Waals surface area (Å²) < 4.78 is 13.7. The summed E-state index contributed by atoms with van der Waals surface area (Å²) >= 11 is 0. The number of piperazine rings is 1. The number of carbonyl (C=O) groups excluding carboxylic acids is 2. The van der Waals surface area contributed by atoms with Crippen LogP contribution in [0.4, 0.5) is 4.39 Å². The minimum absolute atomic E-state index is 0.124. The van der Waals surface area contributed by atoms with Crippen molar-refractivity contribution in [2.75, 3.05) is 26.2 Å². The minimum Gasteiger partial charge on any atom is -0.333 e. The molecule has 0 spiro atoms. The first kappa shape index (κ1) is 26.8. The van der Waals surface area contributed by atoms with E-state index in [1.165, 1.54) is 17.7 Å². The molecule has 3 fully saturated rings. The summed E-state index contributed by atoms with van der Waals surface area (Å²) in [6, 6.07) is 13.9. The van der Waals surface area contributed by atoms with Crippen LogP contribution in [0, 0.1) is 11.2 Å². The van der Waals surface area contributed by atoms with Gasteiger partial charge in [0.1, 0.15) is 5.82 Å². The second-order valence-corrected chi connectivity index (χ2v) is 13.7. The molecule has 7 heteroatoms. The van der Waals surface area contributed by atoms with Crippen LogP contribution < -0.4 is 5.32 Å². The Morgan fingerprint density at radius 2 is 1.90 bits per heavy atom. The van der Waals surface area contributed by atoms with Crippen LogP contribution >= 0.6 is 0 Å². The number of piperidine rings is 1. The zero-order chi connectivity index (χ0) is 28.3. The Kier molecular flexibility index (Phi) is 6.78. The number of carbonyl (C=O) groups is 2. The Hall–Kier alpha value is -3.03. The van der Waals surface area contributed by atoms with Crippen molar-refractivity contribution in [3.05, 3.63) is 76.1 Å². The molecule has 2 aromatic carbocycles. The Balaban J connectivity index is 1.03. The van der Waals surface area contributed by atoms with Crippen LogP contribution in [0.2, 0.25) is 0 Å². The SMILES string of the molecule is CC1(C)CCC(C(=O)N2C[C@@H]3C[C@H]2CN3Cc2ccc3c(c2)CN(C2CCCNC2)C3=O)=C(c2ccc(F)cc2)C1. The van der Waals surface area contributed by atoms with Gasteiger partial charge in [-0.1, -0.05) is 38.1 Å². The van der Waals surface area contributed by atoms with Crippen LogP contribution in [0.25, 0.3) is 5.57 Å². The summed E-state index contributed by atoms with van der Waals surface area (Å²) in [5.74, 6) is 0.110. The molecule has 1 unspecified atom stereocenters. The van der Waals surface area contributed by atoms with Gasteiger partial charge in [-0.15, -0.1) is 0 Å². The van der Waals surface area contributed by atoms with Crippen LogP contribution in [-0.4, -0.2) is 70.8 Å². The summed E-state index contributed by atoms with van der Waals surface area (Å²) in [6.45, 7) is 9.66. The van der Waals surface area contributed by atoms with E-state index >= 15 is 0 Å². The molecule has 2 aromatic rings. The first-order valence-electron chi connectivity index (χ1n) is 15.4. The number of allylic oxidation sites excluding steroid dienone is 1. The van der Waals surface area contributed by atoms with Gasteiger partial charge in [0, 0.05) is 62.0 Å². The third kappa shape index (κ3) is 5.01. The van der Waals surface area contributed by atoms with Gasteiger partial charge in [0.05, 0.1) is 0 Å². The van der Waals surface area contributed by atoms with Crippen LogP contribution in [0.3, 0.4) is 0 Å². The standard InChI is InChI=1S/C34H41FN4O2/c1-34(2)12-11-30(31(16-34)23-6-8-25(35)9-7-23)33(41)39-21-27-15-28(39)20-37(27)18-22-5-10-29-24(14-22)19-38(32(29)40)26-4-3-13-36-17-26/h5-10,14,26-28,36H,3-4,11-13,15-21H2,1-2H3/t26?,27-,28-/m0/s1. The Labute approximate surface area is 242 Å². The molecule has 0 aromatic heterocycles. The van der Waals surface area contributed by atoms with E-state index in [9.17, 15) is 14.0 Å². The third-order valence-electron chi connectivity index (χ3n) is 10.2. The van der Waals surface area contributed by atoms with Gasteiger partial charge >= 0.3 is 0 Å². The molecule has 1 aliphatic carbocycles. The lowest BCUT2D eigenvalue weighted by Crippen LogP contribution is -2.49. The zero-order valence-corrected chi connectivity index (χ0v) is 24.3. The highest BCUT2D eigenvalue weighted by Gasteiger charge is 2.46. The molecule has 4 aliphatic heterocycles. The average Bonchev–Trinajstić information content (AvgIpc) is 3.66. The smallest absolute Gasteiger partial charge is 0.254 e. The Morgan fingerprint density at radius 3 is 2.63 bits per heavy atom. The number of amides is 2. The molecule has 3 atom stereocenters. The number of rotatable bonds is 5. The van der Waals surface area contributed by atoms with E-state index in [-0.39, 0.29) is 29.1 Å². The molecule has 0 saturated carbocycles. The third-order valence-corrected chi connectivity index (χ3v) is 10.2. The van der Waals surface area contributed by atoms with E-state index in [1.807, 2.05) is 18.2 Å². The van der Waals surface area contributed by atoms with Crippen molar-refractivity contribution in [2.24, 2.45) is 5.41 Å². The molecule has 4 heterocycles. The predicted octanol–water partition coefficient (Wildman–Crippen LogP) is 4.98. The quantitative estimate of drug-likeness (QED) is 0.565. The highest BCUT2D eigenvalue weighted by molar-refractivity contribution is 6.02. The topological polar surface area (TPSA) is 55.9 Å². The van der Waals surface area contributed by atoms with Gasteiger partial charge in [0.25, 0.3) is 5.91 Å². The molecular weight excluding hydrogens is 515 g/mol. The summed E-state index contributed by atoms with van der Waals surface area (Å²) in [4.78, 5) is 33.8. The van der Waals surface area contributed by atoms with Gasteiger partial charge in [-0.25, -0.2) is 4.39 Å². The fraction of sp³-hybridized carbons (Fsp3) is 0.529. The van der Waals surface area contributed by atoms with Crippen LogP contribution in [-0.2, 0) is 17.9 Å². The van der Waals surface area contributed by atoms with Gasteiger partial charge in [0.15, 0.2) is 0 Å². The van der Waals surface area contributed by atoms with Gasteiger partial charge in [0.2, 0.25) is 5.91 Å². The first-order valence-corrected chi connectivity index (χ1v) is 15.4. The molecule has 7 rings (SSSR count). The average molecular weight is 557 g/mol. The molecule has 0 radical (unpaired) electrons. The van der Waals surface area contributed by atoms with E-state index in [0.29, 0.717) is 18.6 Å². The second kappa shape index (κ2) is 10.4. The van der Waals surface area contributed by atoms with E-state index < -0.39 is 0 Å². The number of nitrogens with zero attached hydrogens (tertiary/aromatic N) is 3. The maximum absolute atomic E-state index is 14.0. The molecule has 216 valence electrons. The fourth-order valence-corrected chi connectivity index (χ4v) is 7.94. The maximum atomic E-state index is 14.0. The Bertz CT molecular complexity index is 1390. The van der Waals surface area contributed by atoms with Crippen molar-refractivity contribution < 1.29 is 14.0 Å². The fourth-order valence-electron chi connectivity index (χ4n) is 7.94. The molecule has 1 N–H and O–H groups in total. The van der Waals surface area contributed by atoms with E-state index in [4.69, 9.17) is 0 Å². The van der Waals surface area contributed by atoms with Crippen molar-refractivity contribution in [3.63, 3.8) is 0 Å². The number of hydrogen-bond acceptors (Lipinski definition) is 4. The van der Waals surface area contributed by atoms with Crippen LogP contribution in [0.5, 0.6) is 0 Å². The number of benzene rings is 2. The summed E-state index contributed by atoms with van der Waals surface area (Å²) in [5.41, 5.74) is 6.38. The molecule has 3 saturated heterocycles. The number of halogens is 1. The molecule has 2 bridgehead atoms. The number of nitrogens with one attached hydrogen (secondary N) is 1.